The van der Waals surface area contributed by atoms with Crippen LogP contribution in [0.4, 0.5) is 0 Å². The maximum atomic E-state index is 12.6. The van der Waals surface area contributed by atoms with Gasteiger partial charge in [0.05, 0.1) is 6.61 Å². The zero-order valence-electron chi connectivity index (χ0n) is 33.8. The van der Waals surface area contributed by atoms with Gasteiger partial charge in [-0.2, -0.15) is 0 Å². The van der Waals surface area contributed by atoms with E-state index in [0.29, 0.717) is 0 Å². The number of rotatable bonds is 17. The van der Waals surface area contributed by atoms with E-state index in [0.717, 1.165) is 33.3 Å². The normalized spacial score (nSPS) is 28.0. The van der Waals surface area contributed by atoms with Crippen LogP contribution in [-0.2, 0) is 77.6 Å². The number of esters is 5. The fourth-order valence-electron chi connectivity index (χ4n) is 6.22. The van der Waals surface area contributed by atoms with Gasteiger partial charge >= 0.3 is 29.8 Å². The van der Waals surface area contributed by atoms with Gasteiger partial charge in [0.1, 0.15) is 43.7 Å². The summed E-state index contributed by atoms with van der Waals surface area (Å²) in [6, 6.07) is 7.89. The van der Waals surface area contributed by atoms with E-state index in [4.69, 9.17) is 47.1 Å². The molecular weight excluding hydrogens is 754 g/mol. The molecule has 0 aromatic heterocycles. The van der Waals surface area contributed by atoms with Crippen molar-refractivity contribution in [3.05, 3.63) is 46.3 Å². The van der Waals surface area contributed by atoms with E-state index in [2.05, 4.69) is 37.7 Å². The summed E-state index contributed by atoms with van der Waals surface area (Å²) in [5, 5.41) is 3.79. The highest BCUT2D eigenvalue weighted by atomic mass is 28.4. The summed E-state index contributed by atoms with van der Waals surface area (Å²) >= 11 is 0. The fourth-order valence-corrected chi connectivity index (χ4v) is 8.69. The maximum Gasteiger partial charge on any atom is 0.303 e. The molecule has 0 N–H and O–H groups in total. The van der Waals surface area contributed by atoms with E-state index in [1.54, 1.807) is 0 Å². The number of carbonyl (C=O) groups excluding carboxylic acids is 5. The molecule has 56 heavy (non-hydrogen) atoms. The first-order valence-corrected chi connectivity index (χ1v) is 21.2. The molecule has 0 spiro atoms. The van der Waals surface area contributed by atoms with Crippen molar-refractivity contribution in [3.8, 4) is 0 Å². The minimum absolute atomic E-state index is 0.0211. The average Bonchev–Trinajstić information content (AvgIpc) is 3.09. The van der Waals surface area contributed by atoms with E-state index in [-0.39, 0.29) is 17.6 Å². The molecule has 2 aliphatic heterocycles. The Labute approximate surface area is 327 Å². The summed E-state index contributed by atoms with van der Waals surface area (Å²) in [5.74, 6) is -3.66. The molecule has 2 heterocycles. The molecule has 312 valence electrons. The summed E-state index contributed by atoms with van der Waals surface area (Å²) in [6.07, 6.45) is -12.6. The fraction of sp³-hybridized carbons (Fsp3) is 0.703. The number of hydrogen-bond donors (Lipinski definition) is 0. The Morgan fingerprint density at radius 1 is 0.750 bits per heavy atom. The van der Waals surface area contributed by atoms with Gasteiger partial charge in [0.2, 0.25) is 0 Å². The molecule has 0 aliphatic carbocycles. The first-order valence-electron chi connectivity index (χ1n) is 18.3. The second kappa shape index (κ2) is 20.4. The molecule has 2 saturated heterocycles. The van der Waals surface area contributed by atoms with Gasteiger partial charge in [0, 0.05) is 39.5 Å². The molecule has 1 aromatic rings. The van der Waals surface area contributed by atoms with E-state index in [1.807, 2.05) is 43.4 Å². The van der Waals surface area contributed by atoms with Crippen molar-refractivity contribution in [1.82, 2.24) is 0 Å². The summed E-state index contributed by atoms with van der Waals surface area (Å²) < 4.78 is 60.1. The Bertz CT molecular complexity index is 1570. The van der Waals surface area contributed by atoms with Crippen molar-refractivity contribution in [2.45, 2.75) is 148 Å². The number of hydrogen-bond acceptors (Lipinski definition) is 16. The van der Waals surface area contributed by atoms with Crippen molar-refractivity contribution >= 4 is 38.2 Å². The highest BCUT2D eigenvalue weighted by Crippen LogP contribution is 2.46. The summed E-state index contributed by atoms with van der Waals surface area (Å²) in [7, 11) is -2.74. The molecule has 0 unspecified atom stereocenters. The van der Waals surface area contributed by atoms with E-state index >= 15 is 0 Å². The first kappa shape index (κ1) is 46.3. The molecule has 10 atom stereocenters. The molecule has 19 heteroatoms. The average molecular weight is 810 g/mol. The Kier molecular flexibility index (Phi) is 16.8. The largest absolute Gasteiger partial charge is 0.463 e. The van der Waals surface area contributed by atoms with Gasteiger partial charge in [-0.25, -0.2) is 0 Å². The highest BCUT2D eigenvalue weighted by molar-refractivity contribution is 6.74. The van der Waals surface area contributed by atoms with Gasteiger partial charge in [0.25, 0.3) is 0 Å². The predicted molar refractivity (Wildman–Crippen MR) is 198 cm³/mol. The third-order valence-electron chi connectivity index (χ3n) is 10.2. The molecule has 0 saturated carbocycles. The van der Waals surface area contributed by atoms with Crippen molar-refractivity contribution in [1.29, 1.82) is 0 Å². The van der Waals surface area contributed by atoms with E-state index < -0.39 is 113 Å². The molecule has 2 aliphatic rings. The summed E-state index contributed by atoms with van der Waals surface area (Å²) in [6.45, 7) is 17.1. The van der Waals surface area contributed by atoms with Crippen LogP contribution < -0.4 is 0 Å². The molecule has 0 radical (unpaired) electrons. The van der Waals surface area contributed by atoms with Crippen LogP contribution in [-0.4, -0.2) is 113 Å². The highest BCUT2D eigenvalue weighted by Gasteiger charge is 2.57. The molecular formula is C37H55N3O15Si. The second-order valence-electron chi connectivity index (χ2n) is 15.0. The van der Waals surface area contributed by atoms with Crippen LogP contribution >= 0.6 is 0 Å². The smallest absolute Gasteiger partial charge is 0.303 e. The third-order valence-corrected chi connectivity index (χ3v) is 14.7. The minimum atomic E-state index is -2.74. The van der Waals surface area contributed by atoms with Crippen LogP contribution in [0.3, 0.4) is 0 Å². The van der Waals surface area contributed by atoms with Crippen LogP contribution in [0.2, 0.25) is 18.1 Å². The Morgan fingerprint density at radius 3 is 1.75 bits per heavy atom. The lowest BCUT2D eigenvalue weighted by Crippen LogP contribution is -2.67. The zero-order valence-corrected chi connectivity index (χ0v) is 34.8. The van der Waals surface area contributed by atoms with Crippen LogP contribution in [0, 0.1) is 5.92 Å². The maximum absolute atomic E-state index is 12.6. The van der Waals surface area contributed by atoms with Gasteiger partial charge in [-0.05, 0) is 35.1 Å². The number of nitrogens with zero attached hydrogens (tertiary/aromatic N) is 3. The van der Waals surface area contributed by atoms with Crippen LogP contribution in [0.5, 0.6) is 0 Å². The van der Waals surface area contributed by atoms with Gasteiger partial charge < -0.3 is 47.1 Å². The molecule has 1 aromatic carbocycles. The standard InChI is InChI=1S/C37H55N3O15Si/c1-20(2)37(8,9)56(10,11)55-35-29(39-40-38)32(48-17-26-15-13-12-14-16-26)30(27(52-35)18-46-21(3)41)54-36-34(51-25(7)45)33(50-24(6)44)31(49-23(5)43)28(53-36)19-47-22(4)42/h12-16,20,27-36H,17-19H2,1-11H3/t27-,28-,29-,30-,31+,32-,33+,34-,35+,36+/m1/s1. The van der Waals surface area contributed by atoms with Gasteiger partial charge in [-0.1, -0.05) is 63.1 Å². The van der Waals surface area contributed by atoms with Crippen molar-refractivity contribution in [3.63, 3.8) is 0 Å². The zero-order chi connectivity index (χ0) is 42.0. The lowest BCUT2D eigenvalue weighted by atomic mass is 9.95. The third kappa shape index (κ3) is 12.4. The van der Waals surface area contributed by atoms with Crippen LogP contribution in [0.15, 0.2) is 35.4 Å². The Hall–Kier alpha value is -4.10. The number of carbonyl (C=O) groups is 5. The quantitative estimate of drug-likeness (QED) is 0.0521. The van der Waals surface area contributed by atoms with Crippen LogP contribution in [0.25, 0.3) is 10.4 Å². The second-order valence-corrected chi connectivity index (χ2v) is 19.5. The Morgan fingerprint density at radius 2 is 1.25 bits per heavy atom. The summed E-state index contributed by atoms with van der Waals surface area (Å²) in [4.78, 5) is 64.6. The lowest BCUT2D eigenvalue weighted by molar-refractivity contribution is -0.348. The minimum Gasteiger partial charge on any atom is -0.463 e. The monoisotopic (exact) mass is 809 g/mol. The van der Waals surface area contributed by atoms with Crippen LogP contribution in [0.1, 0.15) is 67.9 Å². The van der Waals surface area contributed by atoms with E-state index in [9.17, 15) is 29.5 Å². The van der Waals surface area contributed by atoms with Gasteiger partial charge in [-0.3, -0.25) is 24.0 Å². The molecule has 3 rings (SSSR count). The van der Waals surface area contributed by atoms with Gasteiger partial charge in [0.15, 0.2) is 39.2 Å². The summed E-state index contributed by atoms with van der Waals surface area (Å²) in [5.41, 5.74) is 10.7. The first-order chi connectivity index (χ1) is 26.2. The van der Waals surface area contributed by atoms with Gasteiger partial charge in [-0.15, -0.1) is 0 Å². The number of ether oxygens (including phenoxy) is 9. The molecule has 2 fully saturated rings. The molecule has 0 bridgehead atoms. The van der Waals surface area contributed by atoms with Crippen molar-refractivity contribution < 1.29 is 71.0 Å². The van der Waals surface area contributed by atoms with Crippen molar-refractivity contribution in [2.75, 3.05) is 13.2 Å². The topological polar surface area (TPSA) is 226 Å². The predicted octanol–water partition coefficient (Wildman–Crippen LogP) is 4.66. The number of azide groups is 1. The number of benzene rings is 1. The molecule has 18 nitrogen and oxygen atoms in total. The van der Waals surface area contributed by atoms with E-state index in [1.165, 1.54) is 6.92 Å². The SMILES string of the molecule is CC(=O)OC[C@H]1O[C@@H](O[C@H]2[C@H](OCc3ccccc3)[C@@H](N=[N+]=[N-])[C@H](O[Si](C)(C)C(C)(C)C(C)C)O[C@@H]2COC(C)=O)[C@H](OC(C)=O)[C@@H](OC(C)=O)[C@H]1OC(C)=O. The lowest BCUT2D eigenvalue weighted by Gasteiger charge is -2.51. The molecule has 0 amide bonds. The Balaban J connectivity index is 2.23. The van der Waals surface area contributed by atoms with Crippen molar-refractivity contribution in [2.24, 2.45) is 11.0 Å².